The Kier molecular flexibility index (Phi) is 3.64. The van der Waals surface area contributed by atoms with Gasteiger partial charge in [-0.1, -0.05) is 29.8 Å². The van der Waals surface area contributed by atoms with E-state index in [2.05, 4.69) is 0 Å². The molecular weight excluding hydrogens is 256 g/mol. The highest BCUT2D eigenvalue weighted by Gasteiger charge is 2.14. The number of nitrogens with two attached hydrogens (primary N) is 1. The molecule has 4 heteroatoms. The van der Waals surface area contributed by atoms with Crippen LogP contribution in [0.25, 0.3) is 0 Å². The minimum atomic E-state index is -0.663. The molecule has 0 saturated heterocycles. The van der Waals surface area contributed by atoms with E-state index >= 15 is 0 Å². The SMILES string of the molecule is Cc1ccc(C(N)c2ccc(F)cc2F)cc1Cl. The van der Waals surface area contributed by atoms with Crippen molar-refractivity contribution in [3.05, 3.63) is 69.7 Å². The van der Waals surface area contributed by atoms with Crippen molar-refractivity contribution in [3.8, 4) is 0 Å². The van der Waals surface area contributed by atoms with Crippen molar-refractivity contribution in [2.24, 2.45) is 5.73 Å². The summed E-state index contributed by atoms with van der Waals surface area (Å²) in [5.74, 6) is -1.27. The summed E-state index contributed by atoms with van der Waals surface area (Å²) in [6.45, 7) is 1.87. The van der Waals surface area contributed by atoms with Gasteiger partial charge in [0.25, 0.3) is 0 Å². The van der Waals surface area contributed by atoms with Crippen LogP contribution in [0.15, 0.2) is 36.4 Å². The lowest BCUT2D eigenvalue weighted by molar-refractivity contribution is 0.566. The van der Waals surface area contributed by atoms with Gasteiger partial charge in [-0.25, -0.2) is 8.78 Å². The van der Waals surface area contributed by atoms with Crippen LogP contribution < -0.4 is 5.73 Å². The Bertz CT molecular complexity index is 584. The van der Waals surface area contributed by atoms with E-state index in [9.17, 15) is 8.78 Å². The molecule has 0 radical (unpaired) electrons. The maximum absolute atomic E-state index is 13.6. The molecule has 2 aromatic carbocycles. The average molecular weight is 268 g/mol. The van der Waals surface area contributed by atoms with Crippen molar-refractivity contribution in [1.82, 2.24) is 0 Å². The molecule has 1 atom stereocenters. The maximum Gasteiger partial charge on any atom is 0.131 e. The van der Waals surface area contributed by atoms with Gasteiger partial charge in [0.1, 0.15) is 11.6 Å². The molecule has 94 valence electrons. The van der Waals surface area contributed by atoms with Crippen molar-refractivity contribution < 1.29 is 8.78 Å². The molecule has 0 spiro atoms. The fourth-order valence-electron chi connectivity index (χ4n) is 1.74. The lowest BCUT2D eigenvalue weighted by atomic mass is 9.98. The Labute approximate surface area is 109 Å². The highest BCUT2D eigenvalue weighted by atomic mass is 35.5. The second kappa shape index (κ2) is 5.04. The molecule has 0 aromatic heterocycles. The van der Waals surface area contributed by atoms with E-state index in [1.165, 1.54) is 12.1 Å². The van der Waals surface area contributed by atoms with Gasteiger partial charge in [0, 0.05) is 16.7 Å². The number of hydrogen-bond donors (Lipinski definition) is 1. The van der Waals surface area contributed by atoms with Gasteiger partial charge in [0.2, 0.25) is 0 Å². The number of hydrogen-bond acceptors (Lipinski definition) is 1. The van der Waals surface area contributed by atoms with Gasteiger partial charge in [-0.3, -0.25) is 0 Å². The van der Waals surface area contributed by atoms with Crippen molar-refractivity contribution in [2.45, 2.75) is 13.0 Å². The topological polar surface area (TPSA) is 26.0 Å². The molecule has 0 fully saturated rings. The molecule has 0 aliphatic rings. The normalized spacial score (nSPS) is 12.5. The van der Waals surface area contributed by atoms with Gasteiger partial charge in [-0.15, -0.1) is 0 Å². The number of aryl methyl sites for hydroxylation is 1. The molecule has 0 heterocycles. The van der Waals surface area contributed by atoms with Crippen LogP contribution in [0, 0.1) is 18.6 Å². The summed E-state index contributed by atoms with van der Waals surface area (Å²) in [6, 6.07) is 8.00. The van der Waals surface area contributed by atoms with Crippen LogP contribution in [0.1, 0.15) is 22.7 Å². The molecule has 1 unspecified atom stereocenters. The second-order valence-electron chi connectivity index (χ2n) is 4.15. The van der Waals surface area contributed by atoms with Gasteiger partial charge >= 0.3 is 0 Å². The molecule has 2 aromatic rings. The average Bonchev–Trinajstić information content (AvgIpc) is 2.32. The molecule has 0 aliphatic heterocycles. The number of benzene rings is 2. The smallest absolute Gasteiger partial charge is 0.131 e. The first-order valence-corrected chi connectivity index (χ1v) is 5.83. The van der Waals surface area contributed by atoms with Gasteiger partial charge in [-0.2, -0.15) is 0 Å². The molecular formula is C14H12ClF2N. The number of rotatable bonds is 2. The molecule has 2 N–H and O–H groups in total. The van der Waals surface area contributed by atoms with Crippen LogP contribution in [0.4, 0.5) is 8.78 Å². The minimum Gasteiger partial charge on any atom is -0.320 e. The Morgan fingerprint density at radius 2 is 1.83 bits per heavy atom. The van der Waals surface area contributed by atoms with E-state index < -0.39 is 17.7 Å². The molecule has 0 saturated carbocycles. The van der Waals surface area contributed by atoms with E-state index in [0.29, 0.717) is 10.6 Å². The van der Waals surface area contributed by atoms with Crippen LogP contribution in [0.3, 0.4) is 0 Å². The monoisotopic (exact) mass is 267 g/mol. The van der Waals surface area contributed by atoms with Crippen molar-refractivity contribution >= 4 is 11.6 Å². The predicted molar refractivity (Wildman–Crippen MR) is 68.6 cm³/mol. The summed E-state index contributed by atoms with van der Waals surface area (Å²) in [4.78, 5) is 0. The van der Waals surface area contributed by atoms with Crippen molar-refractivity contribution in [2.75, 3.05) is 0 Å². The quantitative estimate of drug-likeness (QED) is 0.875. The molecule has 18 heavy (non-hydrogen) atoms. The first-order valence-electron chi connectivity index (χ1n) is 5.45. The summed E-state index contributed by atoms with van der Waals surface area (Å²) in [5.41, 5.74) is 7.83. The van der Waals surface area contributed by atoms with Crippen LogP contribution >= 0.6 is 11.6 Å². The third-order valence-electron chi connectivity index (χ3n) is 2.85. The third-order valence-corrected chi connectivity index (χ3v) is 3.26. The van der Waals surface area contributed by atoms with Crippen LogP contribution in [-0.2, 0) is 0 Å². The van der Waals surface area contributed by atoms with Crippen molar-refractivity contribution in [3.63, 3.8) is 0 Å². The predicted octanol–water partition coefficient (Wildman–Crippen LogP) is 3.97. The summed E-state index contributed by atoms with van der Waals surface area (Å²) in [5, 5.41) is 0.575. The minimum absolute atomic E-state index is 0.247. The standard InChI is InChI=1S/C14H12ClF2N/c1-8-2-3-9(6-12(8)15)14(18)11-5-4-10(16)7-13(11)17/h2-7,14H,18H2,1H3. The third kappa shape index (κ3) is 2.52. The fraction of sp³-hybridized carbons (Fsp3) is 0.143. The Hall–Kier alpha value is -1.45. The molecule has 1 nitrogen and oxygen atoms in total. The summed E-state index contributed by atoms with van der Waals surface area (Å²) >= 11 is 6.00. The van der Waals surface area contributed by atoms with Gasteiger partial charge in [-0.05, 0) is 30.2 Å². The van der Waals surface area contributed by atoms with E-state index in [0.717, 1.165) is 11.6 Å². The highest BCUT2D eigenvalue weighted by molar-refractivity contribution is 6.31. The number of halogens is 3. The van der Waals surface area contributed by atoms with Crippen LogP contribution in [0.2, 0.25) is 5.02 Å². The summed E-state index contributed by atoms with van der Waals surface area (Å²) in [6.07, 6.45) is 0. The first-order chi connectivity index (χ1) is 8.49. The lowest BCUT2D eigenvalue weighted by Gasteiger charge is -2.14. The van der Waals surface area contributed by atoms with Gasteiger partial charge in [0.15, 0.2) is 0 Å². The Balaban J connectivity index is 2.41. The van der Waals surface area contributed by atoms with E-state index in [4.69, 9.17) is 17.3 Å². The zero-order valence-corrected chi connectivity index (χ0v) is 10.5. The fourth-order valence-corrected chi connectivity index (χ4v) is 1.92. The maximum atomic E-state index is 13.6. The van der Waals surface area contributed by atoms with E-state index in [1.54, 1.807) is 12.1 Å². The van der Waals surface area contributed by atoms with Crippen LogP contribution in [-0.4, -0.2) is 0 Å². The lowest BCUT2D eigenvalue weighted by Crippen LogP contribution is -2.13. The van der Waals surface area contributed by atoms with Crippen LogP contribution in [0.5, 0.6) is 0 Å². The van der Waals surface area contributed by atoms with E-state index in [-0.39, 0.29) is 5.56 Å². The van der Waals surface area contributed by atoms with E-state index in [1.807, 2.05) is 13.0 Å². The molecule has 0 bridgehead atoms. The second-order valence-corrected chi connectivity index (χ2v) is 4.56. The highest BCUT2D eigenvalue weighted by Crippen LogP contribution is 2.26. The first kappa shape index (κ1) is 13.0. The Morgan fingerprint density at radius 3 is 2.44 bits per heavy atom. The molecule has 2 rings (SSSR count). The molecule has 0 aliphatic carbocycles. The van der Waals surface area contributed by atoms with Gasteiger partial charge in [0.05, 0.1) is 6.04 Å². The largest absolute Gasteiger partial charge is 0.320 e. The summed E-state index contributed by atoms with van der Waals surface area (Å²) in [7, 11) is 0. The zero-order chi connectivity index (χ0) is 13.3. The van der Waals surface area contributed by atoms with Crippen molar-refractivity contribution in [1.29, 1.82) is 0 Å². The van der Waals surface area contributed by atoms with Gasteiger partial charge < -0.3 is 5.73 Å². The zero-order valence-electron chi connectivity index (χ0n) is 9.75. The summed E-state index contributed by atoms with van der Waals surface area (Å²) < 4.78 is 26.4. The Morgan fingerprint density at radius 1 is 1.11 bits per heavy atom. The molecule has 0 amide bonds.